The van der Waals surface area contributed by atoms with Crippen LogP contribution < -0.4 is 11.1 Å². The fourth-order valence-corrected chi connectivity index (χ4v) is 1.78. The molecule has 1 rings (SSSR count). The molecule has 0 aromatic rings. The molecule has 2 atom stereocenters. The first-order valence-corrected chi connectivity index (χ1v) is 4.98. The maximum absolute atomic E-state index is 11.7. The molecule has 0 aromatic heterocycles. The van der Waals surface area contributed by atoms with Crippen LogP contribution in [-0.2, 0) is 4.79 Å². The van der Waals surface area contributed by atoms with Gasteiger partial charge in [-0.2, -0.15) is 0 Å². The summed E-state index contributed by atoms with van der Waals surface area (Å²) in [7, 11) is 0. The smallest absolute Gasteiger partial charge is 0.225 e. The van der Waals surface area contributed by atoms with Gasteiger partial charge < -0.3 is 11.1 Å². The van der Waals surface area contributed by atoms with Gasteiger partial charge in [-0.05, 0) is 33.6 Å². The third-order valence-electron chi connectivity index (χ3n) is 2.40. The molecule has 1 saturated carbocycles. The van der Waals surface area contributed by atoms with Crippen LogP contribution in [0.4, 0.5) is 0 Å². The van der Waals surface area contributed by atoms with Crippen molar-refractivity contribution in [3.63, 3.8) is 0 Å². The molecule has 0 heterocycles. The van der Waals surface area contributed by atoms with Gasteiger partial charge in [0.1, 0.15) is 0 Å². The van der Waals surface area contributed by atoms with Gasteiger partial charge in [0, 0.05) is 11.6 Å². The van der Waals surface area contributed by atoms with Crippen LogP contribution in [0.3, 0.4) is 0 Å². The monoisotopic (exact) mass is 184 g/mol. The minimum Gasteiger partial charge on any atom is -0.351 e. The molecule has 0 spiro atoms. The number of amides is 1. The first-order valence-electron chi connectivity index (χ1n) is 4.98. The van der Waals surface area contributed by atoms with E-state index in [-0.39, 0.29) is 23.4 Å². The standard InChI is InChI=1S/C10H20N2O/c1-10(2,3)12-9(13)7-5-4-6-8(7)11/h7-8H,4-6,11H2,1-3H3,(H,12,13). The van der Waals surface area contributed by atoms with Gasteiger partial charge in [-0.1, -0.05) is 6.42 Å². The Morgan fingerprint density at radius 3 is 2.38 bits per heavy atom. The lowest BCUT2D eigenvalue weighted by Gasteiger charge is -2.24. The van der Waals surface area contributed by atoms with Crippen molar-refractivity contribution in [3.8, 4) is 0 Å². The summed E-state index contributed by atoms with van der Waals surface area (Å²) >= 11 is 0. The van der Waals surface area contributed by atoms with Crippen LogP contribution in [0, 0.1) is 5.92 Å². The van der Waals surface area contributed by atoms with Crippen molar-refractivity contribution in [1.82, 2.24) is 5.32 Å². The summed E-state index contributed by atoms with van der Waals surface area (Å²) in [4.78, 5) is 11.7. The maximum Gasteiger partial charge on any atom is 0.225 e. The van der Waals surface area contributed by atoms with E-state index in [1.807, 2.05) is 20.8 Å². The predicted molar refractivity (Wildman–Crippen MR) is 53.2 cm³/mol. The van der Waals surface area contributed by atoms with E-state index in [9.17, 15) is 4.79 Å². The van der Waals surface area contributed by atoms with Crippen molar-refractivity contribution in [2.75, 3.05) is 0 Å². The predicted octanol–water partition coefficient (Wildman–Crippen LogP) is 1.03. The lowest BCUT2D eigenvalue weighted by Crippen LogP contribution is -2.47. The van der Waals surface area contributed by atoms with Crippen LogP contribution in [0.25, 0.3) is 0 Å². The number of nitrogens with two attached hydrogens (primary N) is 1. The highest BCUT2D eigenvalue weighted by Crippen LogP contribution is 2.24. The average Bonchev–Trinajstić information content (AvgIpc) is 2.30. The van der Waals surface area contributed by atoms with E-state index in [0.29, 0.717) is 0 Å². The van der Waals surface area contributed by atoms with Gasteiger partial charge >= 0.3 is 0 Å². The molecule has 1 fully saturated rings. The molecule has 1 aliphatic carbocycles. The number of nitrogens with one attached hydrogen (secondary N) is 1. The third kappa shape index (κ3) is 2.99. The van der Waals surface area contributed by atoms with Crippen molar-refractivity contribution >= 4 is 5.91 Å². The number of hydrogen-bond donors (Lipinski definition) is 2. The summed E-state index contributed by atoms with van der Waals surface area (Å²) in [6, 6.07) is 0.0716. The van der Waals surface area contributed by atoms with Gasteiger partial charge in [-0.3, -0.25) is 4.79 Å². The molecule has 1 aliphatic rings. The summed E-state index contributed by atoms with van der Waals surface area (Å²) in [5, 5.41) is 2.97. The molecule has 3 heteroatoms. The fraction of sp³-hybridized carbons (Fsp3) is 0.900. The molecular formula is C10H20N2O. The Morgan fingerprint density at radius 2 is 2.00 bits per heavy atom. The summed E-state index contributed by atoms with van der Waals surface area (Å²) in [5.74, 6) is 0.164. The van der Waals surface area contributed by atoms with Gasteiger partial charge in [-0.25, -0.2) is 0 Å². The molecule has 3 nitrogen and oxygen atoms in total. The zero-order valence-electron chi connectivity index (χ0n) is 8.76. The van der Waals surface area contributed by atoms with Crippen molar-refractivity contribution in [2.24, 2.45) is 11.7 Å². The van der Waals surface area contributed by atoms with E-state index < -0.39 is 0 Å². The van der Waals surface area contributed by atoms with Crippen LogP contribution in [0.5, 0.6) is 0 Å². The van der Waals surface area contributed by atoms with Crippen molar-refractivity contribution < 1.29 is 4.79 Å². The highest BCUT2D eigenvalue weighted by molar-refractivity contribution is 5.80. The van der Waals surface area contributed by atoms with Crippen LogP contribution in [0.2, 0.25) is 0 Å². The summed E-state index contributed by atoms with van der Waals surface area (Å²) < 4.78 is 0. The summed E-state index contributed by atoms with van der Waals surface area (Å²) in [5.41, 5.74) is 5.70. The Morgan fingerprint density at radius 1 is 1.38 bits per heavy atom. The van der Waals surface area contributed by atoms with Crippen LogP contribution in [0.15, 0.2) is 0 Å². The number of carbonyl (C=O) groups excluding carboxylic acids is 1. The quantitative estimate of drug-likeness (QED) is 0.639. The van der Waals surface area contributed by atoms with Crippen LogP contribution >= 0.6 is 0 Å². The second kappa shape index (κ2) is 3.66. The highest BCUT2D eigenvalue weighted by atomic mass is 16.2. The zero-order chi connectivity index (χ0) is 10.1. The molecule has 0 saturated heterocycles. The van der Waals surface area contributed by atoms with E-state index >= 15 is 0 Å². The Bertz CT molecular complexity index is 196. The van der Waals surface area contributed by atoms with Gasteiger partial charge in [0.15, 0.2) is 0 Å². The SMILES string of the molecule is CC(C)(C)NC(=O)C1CCCC1N. The number of carbonyl (C=O) groups is 1. The van der Waals surface area contributed by atoms with Gasteiger partial charge in [0.05, 0.1) is 5.92 Å². The Kier molecular flexibility index (Phi) is 2.96. The number of rotatable bonds is 1. The van der Waals surface area contributed by atoms with Gasteiger partial charge in [0.2, 0.25) is 5.91 Å². The average molecular weight is 184 g/mol. The summed E-state index contributed by atoms with van der Waals surface area (Å²) in [6.45, 7) is 5.97. The first kappa shape index (κ1) is 10.5. The zero-order valence-corrected chi connectivity index (χ0v) is 8.76. The van der Waals surface area contributed by atoms with Crippen molar-refractivity contribution in [2.45, 2.75) is 51.6 Å². The van der Waals surface area contributed by atoms with Crippen molar-refractivity contribution in [1.29, 1.82) is 0 Å². The van der Waals surface area contributed by atoms with E-state index in [1.165, 1.54) is 0 Å². The molecule has 0 aliphatic heterocycles. The minimum absolute atomic E-state index is 0.0409. The topological polar surface area (TPSA) is 55.1 Å². The molecular weight excluding hydrogens is 164 g/mol. The second-order valence-electron chi connectivity index (χ2n) is 4.94. The van der Waals surface area contributed by atoms with Gasteiger partial charge in [-0.15, -0.1) is 0 Å². The van der Waals surface area contributed by atoms with Crippen LogP contribution in [0.1, 0.15) is 40.0 Å². The lowest BCUT2D eigenvalue weighted by molar-refractivity contribution is -0.126. The molecule has 13 heavy (non-hydrogen) atoms. The van der Waals surface area contributed by atoms with E-state index in [4.69, 9.17) is 5.73 Å². The minimum atomic E-state index is -0.139. The Hall–Kier alpha value is -0.570. The Balaban J connectivity index is 2.48. The maximum atomic E-state index is 11.7. The largest absolute Gasteiger partial charge is 0.351 e. The third-order valence-corrected chi connectivity index (χ3v) is 2.40. The molecule has 1 amide bonds. The molecule has 76 valence electrons. The van der Waals surface area contributed by atoms with E-state index in [0.717, 1.165) is 19.3 Å². The first-order chi connectivity index (χ1) is 5.90. The van der Waals surface area contributed by atoms with Gasteiger partial charge in [0.25, 0.3) is 0 Å². The van der Waals surface area contributed by atoms with E-state index in [1.54, 1.807) is 0 Å². The fourth-order valence-electron chi connectivity index (χ4n) is 1.78. The molecule has 2 unspecified atom stereocenters. The lowest BCUT2D eigenvalue weighted by atomic mass is 10.0. The molecule has 0 radical (unpaired) electrons. The van der Waals surface area contributed by atoms with E-state index in [2.05, 4.69) is 5.32 Å². The molecule has 0 aromatic carbocycles. The summed E-state index contributed by atoms with van der Waals surface area (Å²) in [6.07, 6.45) is 3.02. The van der Waals surface area contributed by atoms with Crippen molar-refractivity contribution in [3.05, 3.63) is 0 Å². The normalized spacial score (nSPS) is 28.9. The Labute approximate surface area is 80.1 Å². The molecule has 0 bridgehead atoms. The molecule has 3 N–H and O–H groups in total. The highest BCUT2D eigenvalue weighted by Gasteiger charge is 2.31. The number of hydrogen-bond acceptors (Lipinski definition) is 2. The second-order valence-corrected chi connectivity index (χ2v) is 4.94. The van der Waals surface area contributed by atoms with Crippen LogP contribution in [-0.4, -0.2) is 17.5 Å².